The van der Waals surface area contributed by atoms with Crippen LogP contribution in [0.4, 0.5) is 5.13 Å². The monoisotopic (exact) mass is 314 g/mol. The normalized spacial score (nSPS) is 11.9. The molecule has 2 rings (SSSR count). The fourth-order valence-corrected chi connectivity index (χ4v) is 2.76. The lowest BCUT2D eigenvalue weighted by atomic mass is 9.87. The van der Waals surface area contributed by atoms with E-state index in [2.05, 4.69) is 43.2 Å². The molecule has 116 valence electrons. The van der Waals surface area contributed by atoms with Crippen LogP contribution < -0.4 is 5.32 Å². The maximum Gasteiger partial charge on any atom is 0.250 e. The molecule has 0 spiro atoms. The van der Waals surface area contributed by atoms with Gasteiger partial charge in [-0.25, -0.2) is 4.98 Å². The third-order valence-electron chi connectivity index (χ3n) is 3.46. The van der Waals surface area contributed by atoms with E-state index in [0.29, 0.717) is 5.13 Å². The van der Waals surface area contributed by atoms with Crippen molar-refractivity contribution < 1.29 is 4.79 Å². The van der Waals surface area contributed by atoms with E-state index in [9.17, 15) is 4.79 Å². The number of rotatable bonds is 3. The summed E-state index contributed by atoms with van der Waals surface area (Å²) in [5, 5.41) is 3.44. The smallest absolute Gasteiger partial charge is 0.250 e. The van der Waals surface area contributed by atoms with E-state index >= 15 is 0 Å². The summed E-state index contributed by atoms with van der Waals surface area (Å²) in [7, 11) is 0. The molecule has 22 heavy (non-hydrogen) atoms. The van der Waals surface area contributed by atoms with Crippen LogP contribution in [0.25, 0.3) is 6.08 Å². The van der Waals surface area contributed by atoms with Crippen LogP contribution in [0, 0.1) is 13.8 Å². The van der Waals surface area contributed by atoms with Gasteiger partial charge < -0.3 is 0 Å². The Morgan fingerprint density at radius 2 is 1.82 bits per heavy atom. The Morgan fingerprint density at radius 1 is 1.18 bits per heavy atom. The highest BCUT2D eigenvalue weighted by Crippen LogP contribution is 2.23. The van der Waals surface area contributed by atoms with Gasteiger partial charge in [0.05, 0.1) is 5.69 Å². The predicted octanol–water partition coefficient (Wildman–Crippen LogP) is 4.71. The highest BCUT2D eigenvalue weighted by Gasteiger charge is 2.12. The molecule has 4 heteroatoms. The van der Waals surface area contributed by atoms with Gasteiger partial charge >= 0.3 is 0 Å². The van der Waals surface area contributed by atoms with Gasteiger partial charge in [-0.15, -0.1) is 11.3 Å². The third-order valence-corrected chi connectivity index (χ3v) is 4.45. The van der Waals surface area contributed by atoms with Gasteiger partial charge in [0.1, 0.15) is 0 Å². The van der Waals surface area contributed by atoms with Crippen molar-refractivity contribution in [1.82, 2.24) is 4.98 Å². The molecule has 0 fully saturated rings. The number of aryl methyl sites for hydroxylation is 2. The van der Waals surface area contributed by atoms with Crippen molar-refractivity contribution in [2.45, 2.75) is 40.0 Å². The Hall–Kier alpha value is -1.94. The summed E-state index contributed by atoms with van der Waals surface area (Å²) in [6.07, 6.45) is 3.35. The van der Waals surface area contributed by atoms with Gasteiger partial charge in [-0.05, 0) is 36.5 Å². The van der Waals surface area contributed by atoms with Crippen LogP contribution in [0.1, 0.15) is 42.5 Å². The van der Waals surface area contributed by atoms with Crippen LogP contribution >= 0.6 is 11.3 Å². The quantitative estimate of drug-likeness (QED) is 0.834. The summed E-state index contributed by atoms with van der Waals surface area (Å²) in [4.78, 5) is 17.3. The summed E-state index contributed by atoms with van der Waals surface area (Å²) in [6.45, 7) is 10.5. The van der Waals surface area contributed by atoms with Crippen molar-refractivity contribution in [2.24, 2.45) is 0 Å². The van der Waals surface area contributed by atoms with Crippen LogP contribution in [0.5, 0.6) is 0 Å². The van der Waals surface area contributed by atoms with Gasteiger partial charge in [0.25, 0.3) is 0 Å². The van der Waals surface area contributed by atoms with Crippen LogP contribution in [0.2, 0.25) is 0 Å². The number of nitrogens with one attached hydrogen (secondary N) is 1. The fourth-order valence-electron chi connectivity index (χ4n) is 1.94. The molecule has 1 amide bonds. The van der Waals surface area contributed by atoms with E-state index in [0.717, 1.165) is 16.1 Å². The molecule has 0 aliphatic carbocycles. The first-order valence-electron chi connectivity index (χ1n) is 7.29. The zero-order chi connectivity index (χ0) is 16.3. The van der Waals surface area contributed by atoms with Crippen molar-refractivity contribution in [3.63, 3.8) is 0 Å². The van der Waals surface area contributed by atoms with Gasteiger partial charge in [0.15, 0.2) is 5.13 Å². The molecule has 0 aliphatic rings. The number of anilines is 1. The third kappa shape index (κ3) is 4.28. The van der Waals surface area contributed by atoms with Crippen molar-refractivity contribution >= 4 is 28.5 Å². The Bertz CT molecular complexity index is 671. The Labute approximate surface area is 136 Å². The number of amides is 1. The number of benzene rings is 1. The van der Waals surface area contributed by atoms with Crippen molar-refractivity contribution in [3.8, 4) is 0 Å². The zero-order valence-electron chi connectivity index (χ0n) is 13.7. The Balaban J connectivity index is 2.00. The average molecular weight is 314 g/mol. The number of aromatic nitrogens is 1. The molecule has 0 radical (unpaired) electrons. The molecular formula is C18H22N2OS. The highest BCUT2D eigenvalue weighted by atomic mass is 32.1. The van der Waals surface area contributed by atoms with E-state index in [1.807, 2.05) is 32.1 Å². The first-order chi connectivity index (χ1) is 10.3. The van der Waals surface area contributed by atoms with Crippen LogP contribution in [0.15, 0.2) is 30.3 Å². The SMILES string of the molecule is Cc1nc(NC(=O)/C=C\c2ccc(C(C)(C)C)cc2)sc1C. The summed E-state index contributed by atoms with van der Waals surface area (Å²) in [5.74, 6) is -0.159. The lowest BCUT2D eigenvalue weighted by molar-refractivity contribution is -0.111. The van der Waals surface area contributed by atoms with Crippen LogP contribution in [-0.4, -0.2) is 10.9 Å². The second kappa shape index (κ2) is 6.44. The van der Waals surface area contributed by atoms with E-state index in [1.165, 1.54) is 23.0 Å². The van der Waals surface area contributed by atoms with Gasteiger partial charge in [0.2, 0.25) is 5.91 Å². The standard InChI is InChI=1S/C18H22N2OS/c1-12-13(2)22-17(19-12)20-16(21)11-8-14-6-9-15(10-7-14)18(3,4)5/h6-11H,1-5H3,(H,19,20,21)/b11-8-. The van der Waals surface area contributed by atoms with Crippen molar-refractivity contribution in [2.75, 3.05) is 5.32 Å². The molecule has 0 aliphatic heterocycles. The minimum absolute atomic E-state index is 0.139. The Kier molecular flexibility index (Phi) is 4.81. The second-order valence-corrected chi connectivity index (χ2v) is 7.56. The first-order valence-corrected chi connectivity index (χ1v) is 8.11. The first kappa shape index (κ1) is 16.4. The largest absolute Gasteiger partial charge is 0.298 e. The van der Waals surface area contributed by atoms with Gasteiger partial charge in [-0.3, -0.25) is 10.1 Å². The lowest BCUT2D eigenvalue weighted by Gasteiger charge is -2.18. The zero-order valence-corrected chi connectivity index (χ0v) is 14.5. The van der Waals surface area contributed by atoms with Crippen molar-refractivity contribution in [3.05, 3.63) is 52.0 Å². The molecule has 1 heterocycles. The molecular weight excluding hydrogens is 292 g/mol. The number of hydrogen-bond donors (Lipinski definition) is 1. The van der Waals surface area contributed by atoms with Crippen molar-refractivity contribution in [1.29, 1.82) is 0 Å². The number of hydrogen-bond acceptors (Lipinski definition) is 3. The van der Waals surface area contributed by atoms with E-state index in [1.54, 1.807) is 0 Å². The molecule has 1 aromatic carbocycles. The average Bonchev–Trinajstić information content (AvgIpc) is 2.74. The summed E-state index contributed by atoms with van der Waals surface area (Å²) >= 11 is 1.49. The number of carbonyl (C=O) groups is 1. The molecule has 0 saturated heterocycles. The number of thiazole rings is 1. The summed E-state index contributed by atoms with van der Waals surface area (Å²) < 4.78 is 0. The topological polar surface area (TPSA) is 42.0 Å². The van der Waals surface area contributed by atoms with Crippen LogP contribution in [-0.2, 0) is 10.2 Å². The molecule has 0 bridgehead atoms. The summed E-state index contributed by atoms with van der Waals surface area (Å²) in [6, 6.07) is 8.26. The molecule has 0 atom stereocenters. The maximum atomic E-state index is 11.9. The minimum Gasteiger partial charge on any atom is -0.298 e. The van der Waals surface area contributed by atoms with Crippen LogP contribution in [0.3, 0.4) is 0 Å². The Morgan fingerprint density at radius 3 is 2.32 bits per heavy atom. The highest BCUT2D eigenvalue weighted by molar-refractivity contribution is 7.15. The molecule has 3 nitrogen and oxygen atoms in total. The molecule has 1 aromatic heterocycles. The van der Waals surface area contributed by atoms with E-state index in [4.69, 9.17) is 0 Å². The summed E-state index contributed by atoms with van der Waals surface area (Å²) in [5.41, 5.74) is 3.39. The van der Waals surface area contributed by atoms with Gasteiger partial charge in [-0.1, -0.05) is 45.0 Å². The van der Waals surface area contributed by atoms with Gasteiger partial charge in [0, 0.05) is 11.0 Å². The predicted molar refractivity (Wildman–Crippen MR) is 94.4 cm³/mol. The van der Waals surface area contributed by atoms with Gasteiger partial charge in [-0.2, -0.15) is 0 Å². The minimum atomic E-state index is -0.159. The molecule has 2 aromatic rings. The lowest BCUT2D eigenvalue weighted by Crippen LogP contribution is -2.10. The van der Waals surface area contributed by atoms with E-state index < -0.39 is 0 Å². The molecule has 0 unspecified atom stereocenters. The second-order valence-electron chi connectivity index (χ2n) is 6.36. The van der Waals surface area contributed by atoms with E-state index in [-0.39, 0.29) is 11.3 Å². The molecule has 0 saturated carbocycles. The maximum absolute atomic E-state index is 11.9. The number of nitrogens with zero attached hydrogens (tertiary/aromatic N) is 1. The fraction of sp³-hybridized carbons (Fsp3) is 0.333. The molecule has 1 N–H and O–H groups in total. The number of carbonyl (C=O) groups excluding carboxylic acids is 1.